The van der Waals surface area contributed by atoms with Crippen LogP contribution in [0.15, 0.2) is 62.7 Å². The molecule has 1 N–H and O–H groups in total. The maximum atomic E-state index is 13.3. The molecule has 7 nitrogen and oxygen atoms in total. The van der Waals surface area contributed by atoms with Gasteiger partial charge in [0.25, 0.3) is 5.56 Å². The zero-order valence-electron chi connectivity index (χ0n) is 20.3. The van der Waals surface area contributed by atoms with Crippen molar-refractivity contribution in [1.82, 2.24) is 9.97 Å². The minimum atomic E-state index is -0.125. The van der Waals surface area contributed by atoms with E-state index in [9.17, 15) is 4.79 Å². The van der Waals surface area contributed by atoms with E-state index in [0.717, 1.165) is 40.4 Å². The number of benzene rings is 2. The normalized spacial score (nSPS) is 15.9. The van der Waals surface area contributed by atoms with Gasteiger partial charge >= 0.3 is 0 Å². The van der Waals surface area contributed by atoms with Crippen LogP contribution in [-0.2, 0) is 12.8 Å². The highest BCUT2D eigenvalue weighted by molar-refractivity contribution is 7.18. The van der Waals surface area contributed by atoms with Gasteiger partial charge in [0.05, 0.1) is 30.9 Å². The third-order valence-corrected chi connectivity index (χ3v) is 7.81. The molecule has 0 bridgehead atoms. The highest BCUT2D eigenvalue weighted by Crippen LogP contribution is 2.36. The number of ether oxygens (including phenoxy) is 2. The second-order valence-corrected chi connectivity index (χ2v) is 10.2. The molecule has 36 heavy (non-hydrogen) atoms. The first-order chi connectivity index (χ1) is 17.5. The molecule has 1 atom stereocenters. The minimum absolute atomic E-state index is 0.125. The first kappa shape index (κ1) is 22.5. The highest BCUT2D eigenvalue weighted by atomic mass is 32.1. The summed E-state index contributed by atoms with van der Waals surface area (Å²) in [6, 6.07) is 15.0. The molecule has 0 radical (unpaired) electrons. The number of fused-ring (bicyclic) bond motifs is 4. The smallest absolute Gasteiger partial charge is 0.260 e. The molecule has 0 spiro atoms. The number of thiophene rings is 1. The van der Waals surface area contributed by atoms with Crippen molar-refractivity contribution in [3.63, 3.8) is 0 Å². The fraction of sp³-hybridized carbons (Fsp3) is 0.250. The highest BCUT2D eigenvalue weighted by Gasteiger charge is 2.24. The quantitative estimate of drug-likeness (QED) is 0.339. The number of para-hydroxylation sites is 1. The van der Waals surface area contributed by atoms with Gasteiger partial charge in [0.1, 0.15) is 16.4 Å². The molecule has 2 aromatic carbocycles. The summed E-state index contributed by atoms with van der Waals surface area (Å²) in [7, 11) is 3.21. The van der Waals surface area contributed by atoms with Gasteiger partial charge in [-0.2, -0.15) is 0 Å². The van der Waals surface area contributed by atoms with Gasteiger partial charge in [0.15, 0.2) is 11.3 Å². The first-order valence-electron chi connectivity index (χ1n) is 11.9. The van der Waals surface area contributed by atoms with Crippen LogP contribution >= 0.6 is 11.3 Å². The number of aromatic nitrogens is 2. The van der Waals surface area contributed by atoms with E-state index < -0.39 is 0 Å². The van der Waals surface area contributed by atoms with Crippen molar-refractivity contribution in [2.24, 2.45) is 10.9 Å². The van der Waals surface area contributed by atoms with Gasteiger partial charge in [-0.25, -0.2) is 9.98 Å². The molecule has 6 rings (SSSR count). The van der Waals surface area contributed by atoms with Crippen molar-refractivity contribution in [3.05, 3.63) is 74.9 Å². The van der Waals surface area contributed by atoms with Gasteiger partial charge in [0, 0.05) is 16.3 Å². The Morgan fingerprint density at radius 2 is 2.00 bits per heavy atom. The van der Waals surface area contributed by atoms with E-state index in [1.807, 2.05) is 48.5 Å². The van der Waals surface area contributed by atoms with Crippen molar-refractivity contribution < 1.29 is 13.9 Å². The van der Waals surface area contributed by atoms with E-state index in [1.165, 1.54) is 4.88 Å². The molecule has 0 saturated carbocycles. The van der Waals surface area contributed by atoms with Crippen molar-refractivity contribution in [1.29, 1.82) is 0 Å². The number of aryl methyl sites for hydroxylation is 1. The Morgan fingerprint density at radius 3 is 2.83 bits per heavy atom. The van der Waals surface area contributed by atoms with Crippen molar-refractivity contribution >= 4 is 38.2 Å². The zero-order valence-corrected chi connectivity index (χ0v) is 21.1. The third kappa shape index (κ3) is 3.87. The molecule has 0 aliphatic heterocycles. The van der Waals surface area contributed by atoms with E-state index >= 15 is 0 Å². The van der Waals surface area contributed by atoms with Gasteiger partial charge in [0.2, 0.25) is 5.55 Å². The fourth-order valence-electron chi connectivity index (χ4n) is 4.81. The lowest BCUT2D eigenvalue weighted by Gasteiger charge is -2.17. The van der Waals surface area contributed by atoms with Crippen LogP contribution in [0.5, 0.6) is 11.5 Å². The van der Waals surface area contributed by atoms with Gasteiger partial charge in [-0.15, -0.1) is 11.3 Å². The van der Waals surface area contributed by atoms with Crippen molar-refractivity contribution in [3.8, 4) is 22.9 Å². The fourth-order valence-corrected chi connectivity index (χ4v) is 6.20. The predicted octanol–water partition coefficient (Wildman–Crippen LogP) is 5.77. The average molecular weight is 500 g/mol. The summed E-state index contributed by atoms with van der Waals surface area (Å²) in [5, 5.41) is 1.53. The van der Waals surface area contributed by atoms with Crippen LogP contribution in [0.2, 0.25) is 0 Å². The Balaban J connectivity index is 1.62. The molecule has 3 aromatic heterocycles. The largest absolute Gasteiger partial charge is 0.497 e. The first-order valence-corrected chi connectivity index (χ1v) is 12.7. The van der Waals surface area contributed by atoms with E-state index in [0.29, 0.717) is 45.6 Å². The van der Waals surface area contributed by atoms with Crippen LogP contribution in [0.3, 0.4) is 0 Å². The Hall–Kier alpha value is -3.91. The summed E-state index contributed by atoms with van der Waals surface area (Å²) >= 11 is 1.62. The van der Waals surface area contributed by atoms with Crippen LogP contribution in [0, 0.1) is 5.92 Å². The summed E-state index contributed by atoms with van der Waals surface area (Å²) in [6.45, 7) is 2.26. The molecule has 3 heterocycles. The Labute approximate surface area is 211 Å². The van der Waals surface area contributed by atoms with E-state index in [2.05, 4.69) is 11.9 Å². The number of nitrogens with one attached hydrogen (secondary N) is 1. The summed E-state index contributed by atoms with van der Waals surface area (Å²) < 4.78 is 17.2. The maximum Gasteiger partial charge on any atom is 0.260 e. The zero-order chi connectivity index (χ0) is 24.8. The molecular formula is C28H25N3O4S. The summed E-state index contributed by atoms with van der Waals surface area (Å²) in [5.41, 5.74) is 3.16. The second kappa shape index (κ2) is 8.95. The Morgan fingerprint density at radius 1 is 1.14 bits per heavy atom. The van der Waals surface area contributed by atoms with Gasteiger partial charge < -0.3 is 18.9 Å². The molecule has 0 amide bonds. The standard InChI is InChI=1S/C28H25N3O4S/c1-15-10-11-19-22(12-15)36-28-23(19)26(32)30-25(31-28)20-13-16-6-4-9-21(34-3)24(16)35-27(20)29-17-7-5-8-18(14-17)33-2/h4-9,13-15H,10-12H2,1-3H3,(H,30,31,32). The maximum absolute atomic E-state index is 13.3. The van der Waals surface area contributed by atoms with E-state index in [1.54, 1.807) is 25.6 Å². The van der Waals surface area contributed by atoms with Crippen molar-refractivity contribution in [2.75, 3.05) is 14.2 Å². The molecule has 5 aromatic rings. The number of aromatic amines is 1. The van der Waals surface area contributed by atoms with Gasteiger partial charge in [-0.05, 0) is 55.0 Å². The number of methoxy groups -OCH3 is 2. The molecule has 8 heteroatoms. The van der Waals surface area contributed by atoms with Crippen LogP contribution in [0.25, 0.3) is 32.6 Å². The van der Waals surface area contributed by atoms with E-state index in [-0.39, 0.29) is 5.56 Å². The Kier molecular flexibility index (Phi) is 5.60. The number of rotatable bonds is 4. The van der Waals surface area contributed by atoms with Crippen LogP contribution < -0.4 is 20.6 Å². The van der Waals surface area contributed by atoms with E-state index in [4.69, 9.17) is 23.9 Å². The lowest BCUT2D eigenvalue weighted by molar-refractivity contribution is 0.406. The van der Waals surface area contributed by atoms with Gasteiger partial charge in [-0.3, -0.25) is 4.79 Å². The molecule has 182 valence electrons. The molecule has 0 saturated heterocycles. The monoisotopic (exact) mass is 499 g/mol. The summed E-state index contributed by atoms with van der Waals surface area (Å²) in [6.07, 6.45) is 3.00. The molecular weight excluding hydrogens is 474 g/mol. The summed E-state index contributed by atoms with van der Waals surface area (Å²) in [5.74, 6) is 2.32. The second-order valence-electron chi connectivity index (χ2n) is 9.10. The topological polar surface area (TPSA) is 89.7 Å². The number of nitrogens with zero attached hydrogens (tertiary/aromatic N) is 2. The van der Waals surface area contributed by atoms with Crippen LogP contribution in [0.4, 0.5) is 5.69 Å². The van der Waals surface area contributed by atoms with Crippen molar-refractivity contribution in [2.45, 2.75) is 26.2 Å². The number of hydrogen-bond acceptors (Lipinski definition) is 7. The SMILES string of the molecule is COc1cccc(N=c2oc3c(OC)cccc3cc2-c2nc3sc4c(c3c(=O)[nH]2)CCC(C)C4)c1. The van der Waals surface area contributed by atoms with Crippen LogP contribution in [0.1, 0.15) is 23.8 Å². The minimum Gasteiger partial charge on any atom is -0.497 e. The lowest BCUT2D eigenvalue weighted by Crippen LogP contribution is -2.15. The number of H-pyrrole nitrogens is 1. The Bertz CT molecular complexity index is 1750. The molecule has 0 fully saturated rings. The third-order valence-electron chi connectivity index (χ3n) is 6.66. The molecule has 1 unspecified atom stereocenters. The molecule has 1 aliphatic carbocycles. The van der Waals surface area contributed by atoms with Gasteiger partial charge in [-0.1, -0.05) is 25.1 Å². The number of hydrogen-bond donors (Lipinski definition) is 1. The average Bonchev–Trinajstić information content (AvgIpc) is 3.26. The predicted molar refractivity (Wildman–Crippen MR) is 141 cm³/mol. The summed E-state index contributed by atoms with van der Waals surface area (Å²) in [4.78, 5) is 28.0. The van der Waals surface area contributed by atoms with Crippen LogP contribution in [-0.4, -0.2) is 24.2 Å². The lowest BCUT2D eigenvalue weighted by atomic mass is 9.89. The molecule has 1 aliphatic rings.